The van der Waals surface area contributed by atoms with Crippen LogP contribution in [0.25, 0.3) is 0 Å². The van der Waals surface area contributed by atoms with Gasteiger partial charge in [-0.25, -0.2) is 4.79 Å². The SMILES string of the molecule is CSCCC(N)C(=O)NC(CS)C(=O)NC(CO)C(=O)NC(CCCN=C(N)N)C(=O)O. The Hall–Kier alpha value is -2.23. The molecule has 13 nitrogen and oxygen atoms in total. The van der Waals surface area contributed by atoms with Gasteiger partial charge in [-0.1, -0.05) is 0 Å². The summed E-state index contributed by atoms with van der Waals surface area (Å²) in [5.41, 5.74) is 16.2. The molecule has 3 amide bonds. The van der Waals surface area contributed by atoms with Gasteiger partial charge >= 0.3 is 5.97 Å². The second-order valence-corrected chi connectivity index (χ2v) is 8.07. The van der Waals surface area contributed by atoms with Crippen LogP contribution < -0.4 is 33.2 Å². The predicted molar refractivity (Wildman–Crippen MR) is 125 cm³/mol. The molecule has 32 heavy (non-hydrogen) atoms. The third-order valence-corrected chi connectivity index (χ3v) is 5.17. The molecule has 11 N–H and O–H groups in total. The van der Waals surface area contributed by atoms with Crippen LogP contribution in [0.1, 0.15) is 19.3 Å². The monoisotopic (exact) mass is 495 g/mol. The van der Waals surface area contributed by atoms with Crippen molar-refractivity contribution in [1.82, 2.24) is 16.0 Å². The maximum absolute atomic E-state index is 12.4. The van der Waals surface area contributed by atoms with Crippen molar-refractivity contribution in [3.63, 3.8) is 0 Å². The van der Waals surface area contributed by atoms with E-state index in [1.165, 1.54) is 11.8 Å². The Balaban J connectivity index is 4.92. The fraction of sp³-hybridized carbons (Fsp3) is 0.706. The van der Waals surface area contributed by atoms with Crippen molar-refractivity contribution in [3.8, 4) is 0 Å². The smallest absolute Gasteiger partial charge is 0.326 e. The number of nitrogens with zero attached hydrogens (tertiary/aromatic N) is 1. The van der Waals surface area contributed by atoms with E-state index >= 15 is 0 Å². The number of aliphatic carboxylic acids is 1. The Labute approximate surface area is 196 Å². The summed E-state index contributed by atoms with van der Waals surface area (Å²) >= 11 is 5.55. The number of aliphatic imine (C=N–C) groups is 1. The summed E-state index contributed by atoms with van der Waals surface area (Å²) in [6, 6.07) is -4.64. The fourth-order valence-electron chi connectivity index (χ4n) is 2.35. The van der Waals surface area contributed by atoms with E-state index in [4.69, 9.17) is 17.2 Å². The molecule has 0 aromatic carbocycles. The van der Waals surface area contributed by atoms with E-state index in [2.05, 4.69) is 33.6 Å². The van der Waals surface area contributed by atoms with E-state index in [1.54, 1.807) is 0 Å². The van der Waals surface area contributed by atoms with Crippen molar-refractivity contribution in [1.29, 1.82) is 0 Å². The third kappa shape index (κ3) is 12.0. The van der Waals surface area contributed by atoms with Crippen LogP contribution in [0.2, 0.25) is 0 Å². The molecular formula is C17H33N7O6S2. The van der Waals surface area contributed by atoms with Crippen molar-refractivity contribution >= 4 is 54.0 Å². The first kappa shape index (κ1) is 29.8. The Morgan fingerprint density at radius 3 is 2.06 bits per heavy atom. The summed E-state index contributed by atoms with van der Waals surface area (Å²) in [7, 11) is 0. The molecule has 0 radical (unpaired) electrons. The highest BCUT2D eigenvalue weighted by Crippen LogP contribution is 2.02. The number of carbonyl (C=O) groups excluding carboxylic acids is 3. The number of thioether (sulfide) groups is 1. The van der Waals surface area contributed by atoms with Crippen LogP contribution in [0.3, 0.4) is 0 Å². The molecule has 0 spiro atoms. The highest BCUT2D eigenvalue weighted by Gasteiger charge is 2.29. The molecule has 184 valence electrons. The zero-order chi connectivity index (χ0) is 24.7. The van der Waals surface area contributed by atoms with Gasteiger partial charge in [-0.3, -0.25) is 19.4 Å². The summed E-state index contributed by atoms with van der Waals surface area (Å²) < 4.78 is 0. The maximum atomic E-state index is 12.4. The largest absolute Gasteiger partial charge is 0.480 e. The second-order valence-electron chi connectivity index (χ2n) is 6.72. The Morgan fingerprint density at radius 2 is 1.56 bits per heavy atom. The number of rotatable bonds is 16. The van der Waals surface area contributed by atoms with Crippen LogP contribution in [0.4, 0.5) is 0 Å². The fourth-order valence-corrected chi connectivity index (χ4v) is 3.10. The summed E-state index contributed by atoms with van der Waals surface area (Å²) in [6.07, 6.45) is 2.58. The molecule has 4 atom stereocenters. The first-order valence-corrected chi connectivity index (χ1v) is 11.8. The quantitative estimate of drug-likeness (QED) is 0.0445. The number of thiol groups is 1. The topological polar surface area (TPSA) is 235 Å². The molecule has 0 saturated carbocycles. The standard InChI is InChI=1S/C17H33N7O6S2/c1-32-6-4-9(18)13(26)24-12(8-31)15(28)23-11(7-25)14(27)22-10(16(29)30)3-2-5-21-17(19)20/h9-12,25,31H,2-8,18H2,1H3,(H,22,27)(H,23,28)(H,24,26)(H,29,30)(H4,19,20,21). The highest BCUT2D eigenvalue weighted by atomic mass is 32.2. The summed E-state index contributed by atoms with van der Waals surface area (Å²) in [5.74, 6) is -3.10. The number of hydrogen-bond donors (Lipinski definition) is 9. The molecule has 0 fully saturated rings. The zero-order valence-corrected chi connectivity index (χ0v) is 19.5. The Morgan fingerprint density at radius 1 is 1.00 bits per heavy atom. The van der Waals surface area contributed by atoms with Crippen LogP contribution in [-0.2, 0) is 19.2 Å². The number of amides is 3. The molecule has 15 heteroatoms. The van der Waals surface area contributed by atoms with E-state index in [-0.39, 0.29) is 31.1 Å². The molecule has 0 aromatic rings. The lowest BCUT2D eigenvalue weighted by Crippen LogP contribution is -2.58. The van der Waals surface area contributed by atoms with Crippen LogP contribution in [-0.4, -0.2) is 94.9 Å². The van der Waals surface area contributed by atoms with E-state index < -0.39 is 54.5 Å². The van der Waals surface area contributed by atoms with Gasteiger partial charge in [0.25, 0.3) is 0 Å². The third-order valence-electron chi connectivity index (χ3n) is 4.16. The molecule has 0 rings (SSSR count). The van der Waals surface area contributed by atoms with Crippen LogP contribution in [0.15, 0.2) is 4.99 Å². The Bertz CT molecular complexity index is 663. The molecule has 0 heterocycles. The molecular weight excluding hydrogens is 462 g/mol. The molecule has 0 aliphatic rings. The molecule has 0 aliphatic heterocycles. The van der Waals surface area contributed by atoms with E-state index in [1.807, 2.05) is 6.26 Å². The number of carboxylic acid groups (broad SMARTS) is 1. The van der Waals surface area contributed by atoms with Gasteiger partial charge in [0.05, 0.1) is 12.6 Å². The number of guanidine groups is 1. The minimum atomic E-state index is -1.44. The van der Waals surface area contributed by atoms with Gasteiger partial charge in [0, 0.05) is 12.3 Å². The average molecular weight is 496 g/mol. The zero-order valence-electron chi connectivity index (χ0n) is 17.8. The first-order chi connectivity index (χ1) is 15.1. The van der Waals surface area contributed by atoms with Crippen molar-refractivity contribution in [2.75, 3.05) is 30.9 Å². The minimum Gasteiger partial charge on any atom is -0.480 e. The minimum absolute atomic E-state index is 0.0210. The van der Waals surface area contributed by atoms with E-state index in [0.717, 1.165) is 0 Å². The average Bonchev–Trinajstić information content (AvgIpc) is 2.74. The van der Waals surface area contributed by atoms with Crippen LogP contribution >= 0.6 is 24.4 Å². The van der Waals surface area contributed by atoms with Gasteiger partial charge < -0.3 is 43.4 Å². The van der Waals surface area contributed by atoms with Crippen molar-refractivity contribution in [2.45, 2.75) is 43.4 Å². The second kappa shape index (κ2) is 16.4. The number of hydrogen-bond acceptors (Lipinski definition) is 9. The van der Waals surface area contributed by atoms with Gasteiger partial charge in [0.2, 0.25) is 17.7 Å². The number of carboxylic acids is 1. The Kier molecular flexibility index (Phi) is 15.3. The normalized spacial score (nSPS) is 14.4. The summed E-state index contributed by atoms with van der Waals surface area (Å²) in [6.45, 7) is -0.622. The van der Waals surface area contributed by atoms with Crippen LogP contribution in [0.5, 0.6) is 0 Å². The molecule has 0 aromatic heterocycles. The van der Waals surface area contributed by atoms with Crippen LogP contribution in [0, 0.1) is 0 Å². The number of aliphatic hydroxyl groups excluding tert-OH is 1. The van der Waals surface area contributed by atoms with Gasteiger partial charge in [-0.05, 0) is 31.3 Å². The number of nitrogens with one attached hydrogen (secondary N) is 3. The number of aliphatic hydroxyl groups is 1. The predicted octanol–water partition coefficient (Wildman–Crippen LogP) is -3.42. The molecule has 0 bridgehead atoms. The van der Waals surface area contributed by atoms with Gasteiger partial charge in [-0.15, -0.1) is 0 Å². The number of carbonyl (C=O) groups is 4. The maximum Gasteiger partial charge on any atom is 0.326 e. The molecule has 0 aliphatic carbocycles. The van der Waals surface area contributed by atoms with Crippen molar-refractivity contribution in [2.24, 2.45) is 22.2 Å². The van der Waals surface area contributed by atoms with Gasteiger partial charge in [0.15, 0.2) is 5.96 Å². The lowest BCUT2D eigenvalue weighted by atomic mass is 10.1. The lowest BCUT2D eigenvalue weighted by Gasteiger charge is -2.23. The van der Waals surface area contributed by atoms with E-state index in [9.17, 15) is 29.4 Å². The highest BCUT2D eigenvalue weighted by molar-refractivity contribution is 7.98. The van der Waals surface area contributed by atoms with Gasteiger partial charge in [-0.2, -0.15) is 24.4 Å². The van der Waals surface area contributed by atoms with Crippen molar-refractivity contribution < 1.29 is 29.4 Å². The number of nitrogens with two attached hydrogens (primary N) is 3. The summed E-state index contributed by atoms with van der Waals surface area (Å²) in [4.78, 5) is 52.1. The first-order valence-electron chi connectivity index (χ1n) is 9.72. The van der Waals surface area contributed by atoms with E-state index in [0.29, 0.717) is 12.2 Å². The van der Waals surface area contributed by atoms with Crippen molar-refractivity contribution in [3.05, 3.63) is 0 Å². The summed E-state index contributed by atoms with van der Waals surface area (Å²) in [5, 5.41) is 25.7. The molecule has 0 saturated heterocycles. The lowest BCUT2D eigenvalue weighted by molar-refractivity contribution is -0.142. The van der Waals surface area contributed by atoms with Gasteiger partial charge in [0.1, 0.15) is 18.1 Å². The molecule has 4 unspecified atom stereocenters.